The summed E-state index contributed by atoms with van der Waals surface area (Å²) >= 11 is 0. The number of hydrogen-bond acceptors (Lipinski definition) is 4. The van der Waals surface area contributed by atoms with Crippen molar-refractivity contribution in [3.05, 3.63) is 0 Å². The van der Waals surface area contributed by atoms with Crippen molar-refractivity contribution >= 4 is 11.9 Å². The Balaban J connectivity index is 4.61. The molecule has 0 fully saturated rings. The van der Waals surface area contributed by atoms with Gasteiger partial charge < -0.3 is 15.4 Å². The number of ether oxygens (including phenoxy) is 1. The molecule has 88 valence electrons. The predicted molar refractivity (Wildman–Crippen MR) is 57.4 cm³/mol. The van der Waals surface area contributed by atoms with Crippen molar-refractivity contribution < 1.29 is 14.3 Å². The highest BCUT2D eigenvalue weighted by Gasteiger charge is 2.35. The Labute approximate surface area is 90.6 Å². The molecule has 0 unspecified atom stereocenters. The topological polar surface area (TPSA) is 67.4 Å². The third-order valence-corrected chi connectivity index (χ3v) is 2.31. The summed E-state index contributed by atoms with van der Waals surface area (Å²) in [4.78, 5) is 23.1. The predicted octanol–water partition coefficient (Wildman–Crippen LogP) is 0.0522. The van der Waals surface area contributed by atoms with E-state index >= 15 is 0 Å². The fraction of sp³-hybridized carbons (Fsp3) is 0.800. The van der Waals surface area contributed by atoms with Crippen LogP contribution < -0.4 is 10.6 Å². The molecule has 5 nitrogen and oxygen atoms in total. The number of rotatable bonds is 4. The minimum Gasteiger partial charge on any atom is -0.467 e. The summed E-state index contributed by atoms with van der Waals surface area (Å²) in [6, 6.07) is 0. The standard InChI is InChI=1S/C10H20N2O3/c1-9(2,11-5)7(13)12-10(3,4)8(14)15-6/h11H,1-6H3,(H,12,13). The van der Waals surface area contributed by atoms with E-state index in [1.165, 1.54) is 7.11 Å². The molecule has 0 spiro atoms. The fourth-order valence-corrected chi connectivity index (χ4v) is 0.860. The molecule has 1 amide bonds. The Morgan fingerprint density at radius 1 is 1.07 bits per heavy atom. The molecule has 0 aliphatic rings. The molecule has 0 bridgehead atoms. The molecule has 0 radical (unpaired) electrons. The molecule has 0 atom stereocenters. The van der Waals surface area contributed by atoms with Crippen molar-refractivity contribution in [2.75, 3.05) is 14.2 Å². The summed E-state index contributed by atoms with van der Waals surface area (Å²) in [6.45, 7) is 6.66. The summed E-state index contributed by atoms with van der Waals surface area (Å²) in [5, 5.41) is 5.48. The Bertz CT molecular complexity index is 259. The maximum absolute atomic E-state index is 11.8. The maximum atomic E-state index is 11.8. The quantitative estimate of drug-likeness (QED) is 0.652. The van der Waals surface area contributed by atoms with Crippen molar-refractivity contribution in [2.45, 2.75) is 38.8 Å². The molecule has 0 aliphatic carbocycles. The van der Waals surface area contributed by atoms with Gasteiger partial charge in [0.1, 0.15) is 5.54 Å². The first kappa shape index (κ1) is 13.9. The normalized spacial score (nSPS) is 12.1. The second-order valence-electron chi connectivity index (χ2n) is 4.45. The lowest BCUT2D eigenvalue weighted by molar-refractivity contribution is -0.150. The molecule has 5 heteroatoms. The Kier molecular flexibility index (Phi) is 4.27. The Morgan fingerprint density at radius 2 is 1.53 bits per heavy atom. The fourth-order valence-electron chi connectivity index (χ4n) is 0.860. The second-order valence-corrected chi connectivity index (χ2v) is 4.45. The summed E-state index contributed by atoms with van der Waals surface area (Å²) < 4.78 is 4.59. The van der Waals surface area contributed by atoms with Gasteiger partial charge in [0.15, 0.2) is 0 Å². The van der Waals surface area contributed by atoms with Crippen LogP contribution in [-0.2, 0) is 14.3 Å². The number of hydrogen-bond donors (Lipinski definition) is 2. The smallest absolute Gasteiger partial charge is 0.330 e. The van der Waals surface area contributed by atoms with Crippen molar-refractivity contribution in [2.24, 2.45) is 0 Å². The van der Waals surface area contributed by atoms with Crippen LogP contribution in [0, 0.1) is 0 Å². The average Bonchev–Trinajstić information content (AvgIpc) is 2.15. The van der Waals surface area contributed by atoms with Crippen LogP contribution in [0.25, 0.3) is 0 Å². The first-order valence-electron chi connectivity index (χ1n) is 4.77. The van der Waals surface area contributed by atoms with E-state index in [1.807, 2.05) is 0 Å². The number of esters is 1. The summed E-state index contributed by atoms with van der Waals surface area (Å²) in [6.07, 6.45) is 0. The highest BCUT2D eigenvalue weighted by Crippen LogP contribution is 2.08. The largest absolute Gasteiger partial charge is 0.467 e. The van der Waals surface area contributed by atoms with Crippen molar-refractivity contribution in [1.82, 2.24) is 10.6 Å². The molecule has 0 aromatic carbocycles. The van der Waals surface area contributed by atoms with Crippen LogP contribution in [0.5, 0.6) is 0 Å². The average molecular weight is 216 g/mol. The van der Waals surface area contributed by atoms with Gasteiger partial charge in [-0.1, -0.05) is 0 Å². The van der Waals surface area contributed by atoms with Crippen LogP contribution in [0.15, 0.2) is 0 Å². The van der Waals surface area contributed by atoms with E-state index in [1.54, 1.807) is 34.7 Å². The minimum atomic E-state index is -1.01. The number of amides is 1. The van der Waals surface area contributed by atoms with Gasteiger partial charge in [-0.15, -0.1) is 0 Å². The zero-order valence-electron chi connectivity index (χ0n) is 10.2. The van der Waals surface area contributed by atoms with Gasteiger partial charge in [-0.3, -0.25) is 4.79 Å². The van der Waals surface area contributed by atoms with Gasteiger partial charge in [-0.25, -0.2) is 4.79 Å². The minimum absolute atomic E-state index is 0.250. The van der Waals surface area contributed by atoms with Crippen LogP contribution in [-0.4, -0.2) is 37.1 Å². The molecule has 0 aliphatic heterocycles. The zero-order valence-corrected chi connectivity index (χ0v) is 10.2. The van der Waals surface area contributed by atoms with Gasteiger partial charge >= 0.3 is 5.97 Å². The van der Waals surface area contributed by atoms with Crippen LogP contribution in [0.2, 0.25) is 0 Å². The molecule has 0 aromatic rings. The van der Waals surface area contributed by atoms with Crippen molar-refractivity contribution in [1.29, 1.82) is 0 Å². The first-order chi connectivity index (χ1) is 6.67. The van der Waals surface area contributed by atoms with Crippen LogP contribution in [0.1, 0.15) is 27.7 Å². The van der Waals surface area contributed by atoms with E-state index in [-0.39, 0.29) is 5.91 Å². The van der Waals surface area contributed by atoms with Gasteiger partial charge in [0.25, 0.3) is 0 Å². The van der Waals surface area contributed by atoms with Crippen LogP contribution >= 0.6 is 0 Å². The maximum Gasteiger partial charge on any atom is 0.330 e. The lowest BCUT2D eigenvalue weighted by Gasteiger charge is -2.29. The lowest BCUT2D eigenvalue weighted by atomic mass is 10.00. The van der Waals surface area contributed by atoms with Crippen molar-refractivity contribution in [3.8, 4) is 0 Å². The molecule has 15 heavy (non-hydrogen) atoms. The van der Waals surface area contributed by atoms with E-state index in [9.17, 15) is 9.59 Å². The monoisotopic (exact) mass is 216 g/mol. The SMILES string of the molecule is CNC(C)(C)C(=O)NC(C)(C)C(=O)OC. The van der Waals surface area contributed by atoms with E-state index in [4.69, 9.17) is 0 Å². The third-order valence-electron chi connectivity index (χ3n) is 2.31. The van der Waals surface area contributed by atoms with Gasteiger partial charge in [0.2, 0.25) is 5.91 Å². The molecule has 0 saturated carbocycles. The van der Waals surface area contributed by atoms with Gasteiger partial charge in [-0.2, -0.15) is 0 Å². The summed E-state index contributed by atoms with van der Waals surface area (Å²) in [5.74, 6) is -0.719. The zero-order chi connectivity index (χ0) is 12.3. The molecule has 0 rings (SSSR count). The van der Waals surface area contributed by atoms with Crippen LogP contribution in [0.4, 0.5) is 0 Å². The van der Waals surface area contributed by atoms with E-state index in [0.29, 0.717) is 0 Å². The number of carbonyl (C=O) groups is 2. The Hall–Kier alpha value is -1.10. The lowest BCUT2D eigenvalue weighted by Crippen LogP contribution is -2.59. The highest BCUT2D eigenvalue weighted by molar-refractivity contribution is 5.91. The summed E-state index contributed by atoms with van der Waals surface area (Å²) in [7, 11) is 2.98. The first-order valence-corrected chi connectivity index (χ1v) is 4.77. The Morgan fingerprint density at radius 3 is 1.87 bits per heavy atom. The summed E-state index contributed by atoms with van der Waals surface area (Å²) in [5.41, 5.74) is -1.73. The molecular weight excluding hydrogens is 196 g/mol. The van der Waals surface area contributed by atoms with Gasteiger partial charge in [0.05, 0.1) is 12.6 Å². The molecule has 0 saturated heterocycles. The van der Waals surface area contributed by atoms with Crippen LogP contribution in [0.3, 0.4) is 0 Å². The number of likely N-dealkylation sites (N-methyl/N-ethyl adjacent to an activating group) is 1. The number of nitrogens with one attached hydrogen (secondary N) is 2. The molecular formula is C10H20N2O3. The number of methoxy groups -OCH3 is 1. The van der Waals surface area contributed by atoms with Crippen molar-refractivity contribution in [3.63, 3.8) is 0 Å². The third kappa shape index (κ3) is 3.51. The van der Waals surface area contributed by atoms with E-state index in [0.717, 1.165) is 0 Å². The number of carbonyl (C=O) groups excluding carboxylic acids is 2. The van der Waals surface area contributed by atoms with E-state index < -0.39 is 17.0 Å². The van der Waals surface area contributed by atoms with Gasteiger partial charge in [-0.05, 0) is 34.7 Å². The second kappa shape index (κ2) is 4.61. The molecule has 0 aromatic heterocycles. The highest BCUT2D eigenvalue weighted by atomic mass is 16.5. The molecule has 0 heterocycles. The van der Waals surface area contributed by atoms with E-state index in [2.05, 4.69) is 15.4 Å². The van der Waals surface area contributed by atoms with Gasteiger partial charge in [0, 0.05) is 0 Å². The molecule has 2 N–H and O–H groups in total.